The van der Waals surface area contributed by atoms with Gasteiger partial charge >= 0.3 is 5.97 Å². The van der Waals surface area contributed by atoms with Crippen molar-refractivity contribution in [1.82, 2.24) is 15.5 Å². The van der Waals surface area contributed by atoms with Gasteiger partial charge in [0.1, 0.15) is 6.04 Å². The average molecular weight is 339 g/mol. The summed E-state index contributed by atoms with van der Waals surface area (Å²) in [5, 5.41) is 5.96. The molecule has 2 rings (SSSR count). The van der Waals surface area contributed by atoms with Crippen LogP contribution in [0.4, 0.5) is 0 Å². The Morgan fingerprint density at radius 3 is 2.79 bits per heavy atom. The van der Waals surface area contributed by atoms with Crippen molar-refractivity contribution in [3.8, 4) is 0 Å². The Kier molecular flexibility index (Phi) is 7.02. The van der Waals surface area contributed by atoms with Crippen molar-refractivity contribution in [1.29, 1.82) is 0 Å². The maximum atomic E-state index is 12.7. The maximum absolute atomic E-state index is 12.7. The van der Waals surface area contributed by atoms with Gasteiger partial charge < -0.3 is 20.3 Å². The van der Waals surface area contributed by atoms with Gasteiger partial charge in [0.2, 0.25) is 11.8 Å². The first-order valence-electron chi connectivity index (χ1n) is 8.93. The van der Waals surface area contributed by atoms with Crippen molar-refractivity contribution in [3.63, 3.8) is 0 Å². The number of piperidine rings is 1. The van der Waals surface area contributed by atoms with E-state index in [9.17, 15) is 14.4 Å². The fourth-order valence-corrected chi connectivity index (χ4v) is 3.10. The molecule has 7 heteroatoms. The predicted molar refractivity (Wildman–Crippen MR) is 89.1 cm³/mol. The minimum atomic E-state index is -0.750. The Bertz CT molecular complexity index is 461. The van der Waals surface area contributed by atoms with Crippen LogP contribution in [0.5, 0.6) is 0 Å². The molecule has 24 heavy (non-hydrogen) atoms. The lowest BCUT2D eigenvalue weighted by Crippen LogP contribution is -2.59. The highest BCUT2D eigenvalue weighted by atomic mass is 16.5. The summed E-state index contributed by atoms with van der Waals surface area (Å²) in [6.07, 6.45) is 2.50. The molecular weight excluding hydrogens is 310 g/mol. The average Bonchev–Trinajstić information content (AvgIpc) is 2.56. The van der Waals surface area contributed by atoms with Gasteiger partial charge in [-0.2, -0.15) is 0 Å². The maximum Gasteiger partial charge on any atom is 0.308 e. The number of esters is 1. The van der Waals surface area contributed by atoms with E-state index in [4.69, 9.17) is 4.74 Å². The third-order valence-electron chi connectivity index (χ3n) is 4.58. The van der Waals surface area contributed by atoms with Gasteiger partial charge in [-0.25, -0.2) is 0 Å². The minimum Gasteiger partial charge on any atom is -0.466 e. The zero-order chi connectivity index (χ0) is 17.5. The molecule has 2 heterocycles. The lowest BCUT2D eigenvalue weighted by atomic mass is 9.96. The molecule has 2 atom stereocenters. The van der Waals surface area contributed by atoms with Crippen LogP contribution in [0.1, 0.15) is 39.5 Å². The molecule has 0 aromatic carbocycles. The van der Waals surface area contributed by atoms with Crippen molar-refractivity contribution in [3.05, 3.63) is 0 Å². The number of piperazine rings is 1. The zero-order valence-electron chi connectivity index (χ0n) is 14.7. The molecule has 2 saturated heterocycles. The van der Waals surface area contributed by atoms with Gasteiger partial charge in [-0.05, 0) is 31.7 Å². The lowest BCUT2D eigenvalue weighted by Gasteiger charge is -2.37. The van der Waals surface area contributed by atoms with E-state index in [1.54, 1.807) is 4.90 Å². The zero-order valence-corrected chi connectivity index (χ0v) is 14.7. The van der Waals surface area contributed by atoms with Crippen molar-refractivity contribution in [2.24, 2.45) is 11.8 Å². The molecule has 0 spiro atoms. The molecular formula is C17H29N3O4. The van der Waals surface area contributed by atoms with Crippen LogP contribution < -0.4 is 10.6 Å². The number of nitrogens with one attached hydrogen (secondary N) is 2. The van der Waals surface area contributed by atoms with Crippen molar-refractivity contribution >= 4 is 17.8 Å². The molecule has 7 nitrogen and oxygen atoms in total. The summed E-state index contributed by atoms with van der Waals surface area (Å²) in [5.74, 6) is -0.370. The quantitative estimate of drug-likeness (QED) is 0.679. The summed E-state index contributed by atoms with van der Waals surface area (Å²) in [5.41, 5.74) is 0. The van der Waals surface area contributed by atoms with Crippen LogP contribution in [0.2, 0.25) is 0 Å². The van der Waals surface area contributed by atoms with Crippen LogP contribution in [-0.2, 0) is 19.1 Å². The molecule has 2 aliphatic rings. The molecule has 0 aromatic heterocycles. The number of carbonyl (C=O) groups excluding carboxylic acids is 3. The first-order valence-corrected chi connectivity index (χ1v) is 8.93. The highest BCUT2D eigenvalue weighted by Crippen LogP contribution is 2.18. The van der Waals surface area contributed by atoms with E-state index >= 15 is 0 Å². The number of amides is 2. The molecule has 2 N–H and O–H groups in total. The second-order valence-electron chi connectivity index (χ2n) is 6.99. The standard InChI is InChI=1S/C17H29N3O4/c1-12(2)5-9-24-15(21)10-14-16(22)19-7-8-20(14)17(23)13-4-3-6-18-11-13/h12-14,18H,3-11H2,1-2H3,(H,19,22). The first-order chi connectivity index (χ1) is 11.5. The Morgan fingerprint density at radius 2 is 2.12 bits per heavy atom. The van der Waals surface area contributed by atoms with Crippen LogP contribution in [0, 0.1) is 11.8 Å². The number of hydrogen-bond acceptors (Lipinski definition) is 5. The van der Waals surface area contributed by atoms with Crippen molar-refractivity contribution < 1.29 is 19.1 Å². The number of nitrogens with zero attached hydrogens (tertiary/aromatic N) is 1. The van der Waals surface area contributed by atoms with Gasteiger partial charge in [-0.1, -0.05) is 13.8 Å². The summed E-state index contributed by atoms with van der Waals surface area (Å²) >= 11 is 0. The van der Waals surface area contributed by atoms with E-state index in [1.165, 1.54) is 0 Å². The Balaban J connectivity index is 1.93. The van der Waals surface area contributed by atoms with E-state index in [1.807, 2.05) is 0 Å². The Hall–Kier alpha value is -1.63. The van der Waals surface area contributed by atoms with Gasteiger partial charge in [-0.3, -0.25) is 14.4 Å². The summed E-state index contributed by atoms with van der Waals surface area (Å²) in [7, 11) is 0. The molecule has 0 bridgehead atoms. The fraction of sp³-hybridized carbons (Fsp3) is 0.824. The van der Waals surface area contributed by atoms with Crippen LogP contribution in [-0.4, -0.2) is 61.5 Å². The van der Waals surface area contributed by atoms with Crippen LogP contribution in [0.15, 0.2) is 0 Å². The van der Waals surface area contributed by atoms with Gasteiger partial charge in [-0.15, -0.1) is 0 Å². The molecule has 0 aliphatic carbocycles. The van der Waals surface area contributed by atoms with E-state index < -0.39 is 12.0 Å². The third-order valence-corrected chi connectivity index (χ3v) is 4.58. The highest BCUT2D eigenvalue weighted by Gasteiger charge is 2.38. The molecule has 0 radical (unpaired) electrons. The van der Waals surface area contributed by atoms with Crippen molar-refractivity contribution in [2.45, 2.75) is 45.6 Å². The highest BCUT2D eigenvalue weighted by molar-refractivity contribution is 5.92. The van der Waals surface area contributed by atoms with Crippen molar-refractivity contribution in [2.75, 3.05) is 32.8 Å². The van der Waals surface area contributed by atoms with Crippen LogP contribution in [0.25, 0.3) is 0 Å². The fourth-order valence-electron chi connectivity index (χ4n) is 3.10. The predicted octanol–water partition coefficient (Wildman–Crippen LogP) is 0.292. The molecule has 2 fully saturated rings. The van der Waals surface area contributed by atoms with Gasteiger partial charge in [0, 0.05) is 19.6 Å². The number of hydrogen-bond donors (Lipinski definition) is 2. The first kappa shape index (κ1) is 18.7. The van der Waals surface area contributed by atoms with Gasteiger partial charge in [0.25, 0.3) is 0 Å². The second kappa shape index (κ2) is 9.01. The van der Waals surface area contributed by atoms with E-state index in [2.05, 4.69) is 24.5 Å². The number of carbonyl (C=O) groups is 3. The Labute approximate surface area is 143 Å². The van der Waals surface area contributed by atoms with Gasteiger partial charge in [0.15, 0.2) is 0 Å². The smallest absolute Gasteiger partial charge is 0.308 e. The summed E-state index contributed by atoms with van der Waals surface area (Å²) in [6.45, 7) is 6.92. The van der Waals surface area contributed by atoms with Crippen LogP contribution >= 0.6 is 0 Å². The van der Waals surface area contributed by atoms with E-state index in [0.29, 0.717) is 32.2 Å². The molecule has 0 saturated carbocycles. The van der Waals surface area contributed by atoms with Crippen LogP contribution in [0.3, 0.4) is 0 Å². The topological polar surface area (TPSA) is 87.7 Å². The van der Waals surface area contributed by atoms with Gasteiger partial charge in [0.05, 0.1) is 18.9 Å². The molecule has 2 aliphatic heterocycles. The largest absolute Gasteiger partial charge is 0.466 e. The van der Waals surface area contributed by atoms with E-state index in [0.717, 1.165) is 25.8 Å². The monoisotopic (exact) mass is 339 g/mol. The lowest BCUT2D eigenvalue weighted by molar-refractivity contribution is -0.153. The molecule has 136 valence electrons. The summed E-state index contributed by atoms with van der Waals surface area (Å²) in [6, 6.07) is -0.750. The second-order valence-corrected chi connectivity index (χ2v) is 6.99. The van der Waals surface area contributed by atoms with E-state index in [-0.39, 0.29) is 24.2 Å². The summed E-state index contributed by atoms with van der Waals surface area (Å²) < 4.78 is 5.21. The number of rotatable bonds is 6. The molecule has 0 aromatic rings. The Morgan fingerprint density at radius 1 is 1.33 bits per heavy atom. The normalized spacial score (nSPS) is 24.6. The minimum absolute atomic E-state index is 0.0305. The molecule has 2 unspecified atom stereocenters. The number of ether oxygens (including phenoxy) is 1. The third kappa shape index (κ3) is 5.19. The SMILES string of the molecule is CC(C)CCOC(=O)CC1C(=O)NCCN1C(=O)C1CCCNC1. The molecule has 2 amide bonds. The summed E-state index contributed by atoms with van der Waals surface area (Å²) in [4.78, 5) is 38.5.